The van der Waals surface area contributed by atoms with E-state index >= 15 is 0 Å². The van der Waals surface area contributed by atoms with Crippen LogP contribution in [0.5, 0.6) is 0 Å². The molecule has 3 rings (SSSR count). The van der Waals surface area contributed by atoms with Gasteiger partial charge in [-0.1, -0.05) is 13.8 Å². The molecule has 0 saturated heterocycles. The van der Waals surface area contributed by atoms with Gasteiger partial charge >= 0.3 is 5.97 Å². The van der Waals surface area contributed by atoms with E-state index < -0.39 is 6.04 Å². The van der Waals surface area contributed by atoms with Crippen LogP contribution >= 0.6 is 0 Å². The SMILES string of the molecule is COC(=O)C(NC(=O)C1C2C3CCC(C3)C12)C(C)C. The fraction of sp³-hybridized carbons (Fsp3) is 0.867. The highest BCUT2D eigenvalue weighted by Crippen LogP contribution is 2.69. The Kier molecular flexibility index (Phi) is 3.06. The molecular formula is C15H23NO3. The molecule has 3 fully saturated rings. The van der Waals surface area contributed by atoms with Crippen LogP contribution in [0.25, 0.3) is 0 Å². The summed E-state index contributed by atoms with van der Waals surface area (Å²) >= 11 is 0. The van der Waals surface area contributed by atoms with Crippen molar-refractivity contribution in [1.29, 1.82) is 0 Å². The largest absolute Gasteiger partial charge is 0.467 e. The van der Waals surface area contributed by atoms with Crippen LogP contribution in [-0.2, 0) is 14.3 Å². The van der Waals surface area contributed by atoms with Crippen molar-refractivity contribution in [1.82, 2.24) is 5.32 Å². The van der Waals surface area contributed by atoms with Gasteiger partial charge in [-0.05, 0) is 48.9 Å². The summed E-state index contributed by atoms with van der Waals surface area (Å²) in [6.07, 6.45) is 3.95. The first-order valence-electron chi connectivity index (χ1n) is 7.42. The molecule has 3 saturated carbocycles. The third-order valence-electron chi connectivity index (χ3n) is 5.46. The molecule has 1 N–H and O–H groups in total. The number of methoxy groups -OCH3 is 1. The van der Waals surface area contributed by atoms with Gasteiger partial charge in [0.1, 0.15) is 6.04 Å². The molecule has 5 atom stereocenters. The van der Waals surface area contributed by atoms with Crippen LogP contribution in [0.1, 0.15) is 33.1 Å². The maximum absolute atomic E-state index is 12.4. The average molecular weight is 265 g/mol. The van der Waals surface area contributed by atoms with Crippen LogP contribution in [0.15, 0.2) is 0 Å². The first-order chi connectivity index (χ1) is 9.04. The van der Waals surface area contributed by atoms with Gasteiger partial charge < -0.3 is 10.1 Å². The summed E-state index contributed by atoms with van der Waals surface area (Å²) < 4.78 is 4.77. The normalized spacial score (nSPS) is 39.9. The van der Waals surface area contributed by atoms with E-state index in [9.17, 15) is 9.59 Å². The minimum Gasteiger partial charge on any atom is -0.467 e. The van der Waals surface area contributed by atoms with E-state index in [1.165, 1.54) is 26.4 Å². The maximum atomic E-state index is 12.4. The molecule has 19 heavy (non-hydrogen) atoms. The molecule has 2 bridgehead atoms. The molecule has 0 aliphatic heterocycles. The molecule has 4 nitrogen and oxygen atoms in total. The fourth-order valence-electron chi connectivity index (χ4n) is 4.55. The van der Waals surface area contributed by atoms with Gasteiger partial charge in [-0.2, -0.15) is 0 Å². The Morgan fingerprint density at radius 2 is 1.74 bits per heavy atom. The van der Waals surface area contributed by atoms with Crippen LogP contribution in [0, 0.1) is 35.5 Å². The molecular weight excluding hydrogens is 242 g/mol. The second kappa shape index (κ2) is 4.50. The van der Waals surface area contributed by atoms with Crippen molar-refractivity contribution in [3.8, 4) is 0 Å². The van der Waals surface area contributed by atoms with E-state index in [1.807, 2.05) is 13.8 Å². The zero-order chi connectivity index (χ0) is 13.7. The molecule has 5 unspecified atom stereocenters. The lowest BCUT2D eigenvalue weighted by Crippen LogP contribution is -2.46. The first-order valence-corrected chi connectivity index (χ1v) is 7.42. The Labute approximate surface area is 114 Å². The molecule has 3 aliphatic rings. The predicted molar refractivity (Wildman–Crippen MR) is 70.1 cm³/mol. The number of hydrogen-bond donors (Lipinski definition) is 1. The minimum atomic E-state index is -0.503. The van der Waals surface area contributed by atoms with Crippen molar-refractivity contribution < 1.29 is 14.3 Å². The Balaban J connectivity index is 1.61. The number of fused-ring (bicyclic) bond motifs is 5. The standard InChI is InChI=1S/C15H23NO3/c1-7(2)13(15(18)19-3)16-14(17)12-10-8-4-5-9(6-8)11(10)12/h7-13H,4-6H2,1-3H3,(H,16,17). The van der Waals surface area contributed by atoms with Crippen molar-refractivity contribution in [2.24, 2.45) is 35.5 Å². The number of ether oxygens (including phenoxy) is 1. The number of amides is 1. The number of nitrogens with one attached hydrogen (secondary N) is 1. The highest BCUT2D eigenvalue weighted by atomic mass is 16.5. The maximum Gasteiger partial charge on any atom is 0.328 e. The Hall–Kier alpha value is -1.06. The van der Waals surface area contributed by atoms with Gasteiger partial charge in [0.05, 0.1) is 7.11 Å². The van der Waals surface area contributed by atoms with E-state index in [1.54, 1.807) is 0 Å². The molecule has 0 aromatic rings. The smallest absolute Gasteiger partial charge is 0.328 e. The van der Waals surface area contributed by atoms with Crippen LogP contribution < -0.4 is 5.32 Å². The van der Waals surface area contributed by atoms with Gasteiger partial charge in [0.25, 0.3) is 0 Å². The monoisotopic (exact) mass is 265 g/mol. The molecule has 0 aromatic heterocycles. The van der Waals surface area contributed by atoms with Crippen molar-refractivity contribution in [2.75, 3.05) is 7.11 Å². The second-order valence-electron chi connectivity index (χ2n) is 6.77. The number of carbonyl (C=O) groups is 2. The van der Waals surface area contributed by atoms with Gasteiger partial charge in [0.2, 0.25) is 5.91 Å². The quantitative estimate of drug-likeness (QED) is 0.785. The topological polar surface area (TPSA) is 55.4 Å². The zero-order valence-corrected chi connectivity index (χ0v) is 11.9. The molecule has 0 aromatic carbocycles. The minimum absolute atomic E-state index is 0.0618. The Bertz CT molecular complexity index is 390. The molecule has 1 amide bonds. The lowest BCUT2D eigenvalue weighted by Gasteiger charge is -2.20. The van der Waals surface area contributed by atoms with E-state index in [0.29, 0.717) is 11.8 Å². The first kappa shape index (κ1) is 12.9. The number of esters is 1. The summed E-state index contributed by atoms with van der Waals surface area (Å²) in [5.74, 6) is 2.77. The second-order valence-corrected chi connectivity index (χ2v) is 6.77. The third-order valence-corrected chi connectivity index (χ3v) is 5.46. The molecule has 3 aliphatic carbocycles. The summed E-state index contributed by atoms with van der Waals surface area (Å²) in [4.78, 5) is 24.0. The summed E-state index contributed by atoms with van der Waals surface area (Å²) in [6.45, 7) is 3.86. The Morgan fingerprint density at radius 1 is 1.16 bits per heavy atom. The highest BCUT2D eigenvalue weighted by Gasteiger charge is 2.67. The van der Waals surface area contributed by atoms with Crippen molar-refractivity contribution in [3.63, 3.8) is 0 Å². The van der Waals surface area contributed by atoms with Crippen molar-refractivity contribution in [2.45, 2.75) is 39.2 Å². The average Bonchev–Trinajstić information content (AvgIpc) is 2.83. The molecule has 4 heteroatoms. The summed E-state index contributed by atoms with van der Waals surface area (Å²) in [5, 5.41) is 2.91. The van der Waals surface area contributed by atoms with Crippen LogP contribution in [0.3, 0.4) is 0 Å². The van der Waals surface area contributed by atoms with Crippen LogP contribution in [0.2, 0.25) is 0 Å². The lowest BCUT2D eigenvalue weighted by atomic mass is 10.0. The summed E-state index contributed by atoms with van der Waals surface area (Å²) in [5.41, 5.74) is 0. The summed E-state index contributed by atoms with van der Waals surface area (Å²) in [7, 11) is 1.37. The van der Waals surface area contributed by atoms with E-state index in [-0.39, 0.29) is 23.7 Å². The highest BCUT2D eigenvalue weighted by molar-refractivity contribution is 5.88. The van der Waals surface area contributed by atoms with E-state index in [0.717, 1.165) is 11.8 Å². The van der Waals surface area contributed by atoms with E-state index in [4.69, 9.17) is 4.74 Å². The number of hydrogen-bond acceptors (Lipinski definition) is 3. The zero-order valence-electron chi connectivity index (χ0n) is 11.9. The Morgan fingerprint density at radius 3 is 2.21 bits per heavy atom. The van der Waals surface area contributed by atoms with Gasteiger partial charge in [-0.25, -0.2) is 4.79 Å². The third kappa shape index (κ3) is 1.96. The van der Waals surface area contributed by atoms with Gasteiger partial charge in [-0.3, -0.25) is 4.79 Å². The van der Waals surface area contributed by atoms with Gasteiger partial charge in [0, 0.05) is 5.92 Å². The van der Waals surface area contributed by atoms with Crippen LogP contribution in [-0.4, -0.2) is 25.0 Å². The molecule has 0 heterocycles. The predicted octanol–water partition coefficient (Wildman–Crippen LogP) is 1.59. The lowest BCUT2D eigenvalue weighted by molar-refractivity contribution is -0.146. The molecule has 106 valence electrons. The van der Waals surface area contributed by atoms with Crippen LogP contribution in [0.4, 0.5) is 0 Å². The number of rotatable bonds is 4. The van der Waals surface area contributed by atoms with Crippen molar-refractivity contribution in [3.05, 3.63) is 0 Å². The summed E-state index contributed by atoms with van der Waals surface area (Å²) in [6, 6.07) is -0.503. The van der Waals surface area contributed by atoms with Crippen molar-refractivity contribution >= 4 is 11.9 Å². The fourth-order valence-corrected chi connectivity index (χ4v) is 4.55. The molecule has 0 radical (unpaired) electrons. The number of carbonyl (C=O) groups excluding carboxylic acids is 2. The molecule has 0 spiro atoms. The van der Waals surface area contributed by atoms with E-state index in [2.05, 4.69) is 5.32 Å². The van der Waals surface area contributed by atoms with Gasteiger partial charge in [0.15, 0.2) is 0 Å². The van der Waals surface area contributed by atoms with Gasteiger partial charge in [-0.15, -0.1) is 0 Å².